The first kappa shape index (κ1) is 18.7. The van der Waals surface area contributed by atoms with E-state index in [1.54, 1.807) is 36.4 Å². The Bertz CT molecular complexity index is 722. The average molecular weight is 389 g/mol. The minimum atomic E-state index is -0.443. The summed E-state index contributed by atoms with van der Waals surface area (Å²) in [6, 6.07) is 10.1. The van der Waals surface area contributed by atoms with E-state index in [1.807, 2.05) is 0 Å². The monoisotopic (exact) mass is 387 g/mol. The molecule has 0 spiro atoms. The molecular formula is C17H16Cl3NO3. The van der Waals surface area contributed by atoms with Crippen LogP contribution >= 0.6 is 34.8 Å². The minimum absolute atomic E-state index is 0.392. The van der Waals surface area contributed by atoms with Crippen molar-refractivity contribution in [1.82, 2.24) is 0 Å². The van der Waals surface area contributed by atoms with E-state index in [1.165, 1.54) is 7.11 Å². The van der Waals surface area contributed by atoms with Gasteiger partial charge in [0.2, 0.25) is 0 Å². The Morgan fingerprint density at radius 3 is 2.67 bits per heavy atom. The van der Waals surface area contributed by atoms with Gasteiger partial charge in [-0.1, -0.05) is 40.9 Å². The molecule has 0 atom stereocenters. The number of carbonyl (C=O) groups is 1. The van der Waals surface area contributed by atoms with Gasteiger partial charge in [-0.25, -0.2) is 4.79 Å². The highest BCUT2D eigenvalue weighted by molar-refractivity contribution is 6.34. The maximum atomic E-state index is 11.8. The predicted molar refractivity (Wildman–Crippen MR) is 97.9 cm³/mol. The number of esters is 1. The molecule has 0 amide bonds. The number of methoxy groups -OCH3 is 1. The van der Waals surface area contributed by atoms with Crippen LogP contribution in [0.3, 0.4) is 0 Å². The molecule has 0 bridgehead atoms. The number of nitrogens with one attached hydrogen (secondary N) is 1. The van der Waals surface area contributed by atoms with Crippen molar-refractivity contribution in [3.63, 3.8) is 0 Å². The fourth-order valence-electron chi connectivity index (χ4n) is 2.04. The van der Waals surface area contributed by atoms with E-state index in [0.717, 1.165) is 0 Å². The molecule has 128 valence electrons. The fraction of sp³-hybridized carbons (Fsp3) is 0.235. The second-order valence-corrected chi connectivity index (χ2v) is 6.11. The lowest BCUT2D eigenvalue weighted by atomic mass is 10.1. The van der Waals surface area contributed by atoms with Crippen LogP contribution in [0.1, 0.15) is 16.8 Å². The van der Waals surface area contributed by atoms with Crippen LogP contribution in [0.15, 0.2) is 36.4 Å². The van der Waals surface area contributed by atoms with Crippen molar-refractivity contribution in [1.29, 1.82) is 0 Å². The third kappa shape index (κ3) is 4.94. The smallest absolute Gasteiger partial charge is 0.340 e. The zero-order chi connectivity index (χ0) is 17.5. The molecule has 0 fully saturated rings. The van der Waals surface area contributed by atoms with Gasteiger partial charge in [0, 0.05) is 17.6 Å². The summed E-state index contributed by atoms with van der Waals surface area (Å²) in [4.78, 5) is 11.8. The van der Waals surface area contributed by atoms with Crippen molar-refractivity contribution >= 4 is 46.5 Å². The molecule has 24 heavy (non-hydrogen) atoms. The third-order valence-corrected chi connectivity index (χ3v) is 4.05. The van der Waals surface area contributed by atoms with Gasteiger partial charge >= 0.3 is 5.97 Å². The number of rotatable bonds is 7. The largest absolute Gasteiger partial charge is 0.492 e. The topological polar surface area (TPSA) is 47.6 Å². The van der Waals surface area contributed by atoms with Gasteiger partial charge in [-0.05, 0) is 30.7 Å². The lowest BCUT2D eigenvalue weighted by Crippen LogP contribution is -2.12. The Morgan fingerprint density at radius 1 is 1.12 bits per heavy atom. The lowest BCUT2D eigenvalue weighted by Gasteiger charge is -2.13. The molecule has 1 N–H and O–H groups in total. The van der Waals surface area contributed by atoms with Crippen molar-refractivity contribution in [3.8, 4) is 5.75 Å². The van der Waals surface area contributed by atoms with E-state index in [0.29, 0.717) is 51.6 Å². The quantitative estimate of drug-likeness (QED) is 0.515. The third-order valence-electron chi connectivity index (χ3n) is 3.19. The van der Waals surface area contributed by atoms with Crippen molar-refractivity contribution in [2.45, 2.75) is 6.42 Å². The zero-order valence-corrected chi connectivity index (χ0v) is 15.2. The number of hydrogen-bond acceptors (Lipinski definition) is 4. The second-order valence-electron chi connectivity index (χ2n) is 4.86. The van der Waals surface area contributed by atoms with Gasteiger partial charge < -0.3 is 14.8 Å². The summed E-state index contributed by atoms with van der Waals surface area (Å²) < 4.78 is 10.4. The highest BCUT2D eigenvalue weighted by Gasteiger charge is 2.14. The average Bonchev–Trinajstić information content (AvgIpc) is 2.58. The molecule has 2 aromatic rings. The van der Waals surface area contributed by atoms with Gasteiger partial charge in [-0.2, -0.15) is 0 Å². The van der Waals surface area contributed by atoms with Crippen molar-refractivity contribution in [2.75, 3.05) is 25.6 Å². The number of hydrogen-bond donors (Lipinski definition) is 1. The fourth-order valence-corrected chi connectivity index (χ4v) is 2.61. The Kier molecular flexibility index (Phi) is 7.03. The van der Waals surface area contributed by atoms with E-state index in [4.69, 9.17) is 44.3 Å². The summed E-state index contributed by atoms with van der Waals surface area (Å²) in [6.45, 7) is 0.997. The van der Waals surface area contributed by atoms with Crippen molar-refractivity contribution in [2.24, 2.45) is 0 Å². The number of anilines is 1. The molecule has 0 saturated carbocycles. The predicted octanol–water partition coefficient (Wildman–Crippen LogP) is 5.31. The van der Waals surface area contributed by atoms with E-state index < -0.39 is 5.97 Å². The Morgan fingerprint density at radius 2 is 1.92 bits per heavy atom. The summed E-state index contributed by atoms with van der Waals surface area (Å²) in [7, 11) is 1.33. The van der Waals surface area contributed by atoms with Gasteiger partial charge in [-0.15, -0.1) is 0 Å². The number of para-hydroxylation sites is 1. The van der Waals surface area contributed by atoms with Crippen LogP contribution in [0.4, 0.5) is 5.69 Å². The molecule has 0 radical (unpaired) electrons. The first-order chi connectivity index (χ1) is 11.5. The summed E-state index contributed by atoms with van der Waals surface area (Å²) >= 11 is 18.1. The summed E-state index contributed by atoms with van der Waals surface area (Å²) in [5.74, 6) is 0.0964. The Balaban J connectivity index is 1.89. The molecule has 0 saturated heterocycles. The van der Waals surface area contributed by atoms with Crippen LogP contribution in [-0.4, -0.2) is 26.2 Å². The number of halogens is 3. The summed E-state index contributed by atoms with van der Waals surface area (Å²) in [5, 5.41) is 4.66. The van der Waals surface area contributed by atoms with Gasteiger partial charge in [0.25, 0.3) is 0 Å². The van der Waals surface area contributed by atoms with Crippen LogP contribution in [-0.2, 0) is 4.74 Å². The summed E-state index contributed by atoms with van der Waals surface area (Å²) in [5.41, 5.74) is 0.940. The standard InChI is InChI=1S/C17H16Cl3NO3/c1-23-17(22)12-4-2-5-14(20)16(12)21-8-3-9-24-15-10-11(18)6-7-13(15)19/h2,4-7,10,21H,3,8-9H2,1H3. The van der Waals surface area contributed by atoms with Crippen LogP contribution in [0, 0.1) is 0 Å². The number of carbonyl (C=O) groups excluding carboxylic acids is 1. The highest BCUT2D eigenvalue weighted by Crippen LogP contribution is 2.28. The van der Waals surface area contributed by atoms with Gasteiger partial charge in [-0.3, -0.25) is 0 Å². The Labute approximate surface area is 155 Å². The van der Waals surface area contributed by atoms with Gasteiger partial charge in [0.05, 0.1) is 35.0 Å². The molecule has 2 rings (SSSR count). The second kappa shape index (κ2) is 9.02. The molecule has 0 aliphatic carbocycles. The van der Waals surface area contributed by atoms with Crippen LogP contribution in [0.2, 0.25) is 15.1 Å². The van der Waals surface area contributed by atoms with Gasteiger partial charge in [0.15, 0.2) is 0 Å². The molecule has 0 heterocycles. The molecule has 0 aromatic heterocycles. The SMILES string of the molecule is COC(=O)c1cccc(Cl)c1NCCCOc1cc(Cl)ccc1Cl. The molecule has 0 aliphatic rings. The normalized spacial score (nSPS) is 10.3. The van der Waals surface area contributed by atoms with Crippen LogP contribution < -0.4 is 10.1 Å². The van der Waals surface area contributed by atoms with E-state index in [9.17, 15) is 4.79 Å². The van der Waals surface area contributed by atoms with Crippen molar-refractivity contribution < 1.29 is 14.3 Å². The van der Waals surface area contributed by atoms with Gasteiger partial charge in [0.1, 0.15) is 5.75 Å². The van der Waals surface area contributed by atoms with E-state index >= 15 is 0 Å². The van der Waals surface area contributed by atoms with Crippen LogP contribution in [0.25, 0.3) is 0 Å². The number of ether oxygens (including phenoxy) is 2. The van der Waals surface area contributed by atoms with E-state index in [2.05, 4.69) is 5.32 Å². The highest BCUT2D eigenvalue weighted by atomic mass is 35.5. The minimum Gasteiger partial charge on any atom is -0.492 e. The first-order valence-electron chi connectivity index (χ1n) is 7.21. The summed E-state index contributed by atoms with van der Waals surface area (Å²) in [6.07, 6.45) is 0.675. The Hall–Kier alpha value is -1.62. The maximum Gasteiger partial charge on any atom is 0.340 e. The molecule has 7 heteroatoms. The molecule has 0 unspecified atom stereocenters. The van der Waals surface area contributed by atoms with Crippen LogP contribution in [0.5, 0.6) is 5.75 Å². The molecule has 2 aromatic carbocycles. The first-order valence-corrected chi connectivity index (χ1v) is 8.35. The maximum absolute atomic E-state index is 11.8. The number of benzene rings is 2. The lowest BCUT2D eigenvalue weighted by molar-refractivity contribution is 0.0602. The molecule has 4 nitrogen and oxygen atoms in total. The zero-order valence-electron chi connectivity index (χ0n) is 12.9. The molecule has 0 aliphatic heterocycles. The van der Waals surface area contributed by atoms with Crippen molar-refractivity contribution in [3.05, 3.63) is 57.0 Å². The van der Waals surface area contributed by atoms with E-state index in [-0.39, 0.29) is 0 Å². The molecular weight excluding hydrogens is 373 g/mol.